The zero-order valence-corrected chi connectivity index (χ0v) is 12.6. The molecule has 94 valence electrons. The summed E-state index contributed by atoms with van der Waals surface area (Å²) in [5.41, 5.74) is 8.78. The Kier molecular flexibility index (Phi) is 7.53. The molecule has 0 aliphatic heterocycles. The quantitative estimate of drug-likeness (QED) is 0.379. The van der Waals surface area contributed by atoms with E-state index in [1.807, 2.05) is 26.0 Å². The van der Waals surface area contributed by atoms with Gasteiger partial charge in [-0.25, -0.2) is 4.99 Å². The highest BCUT2D eigenvalue weighted by molar-refractivity contribution is 14.0. The molecule has 0 aliphatic rings. The van der Waals surface area contributed by atoms with Gasteiger partial charge in [-0.3, -0.25) is 4.98 Å². The van der Waals surface area contributed by atoms with Crippen LogP contribution in [0, 0.1) is 6.92 Å². The number of hydrogen-bond donors (Lipinski definition) is 2. The second-order valence-electron chi connectivity index (χ2n) is 3.78. The number of nitrogens with two attached hydrogens (primary N) is 1. The van der Waals surface area contributed by atoms with Crippen molar-refractivity contribution < 1.29 is 0 Å². The van der Waals surface area contributed by atoms with Gasteiger partial charge in [0, 0.05) is 12.7 Å². The first-order valence-corrected chi connectivity index (χ1v) is 5.18. The molecule has 0 aliphatic carbocycles. The van der Waals surface area contributed by atoms with Crippen LogP contribution in [0.2, 0.25) is 0 Å². The standard InChI is InChI=1S/C12H18N4.HI/c1-9(2)7-15-12(13)16-8-11-10(3)5-4-6-14-11;/h4-6H,1,7-8H2,2-3H3,(H3,13,15,16);1H. The predicted octanol–water partition coefficient (Wildman–Crippen LogP) is 1.99. The number of halogens is 1. The molecule has 4 nitrogen and oxygen atoms in total. The van der Waals surface area contributed by atoms with Crippen molar-refractivity contribution in [2.75, 3.05) is 6.54 Å². The van der Waals surface area contributed by atoms with Crippen LogP contribution in [0.4, 0.5) is 0 Å². The van der Waals surface area contributed by atoms with Crippen molar-refractivity contribution in [1.29, 1.82) is 0 Å². The van der Waals surface area contributed by atoms with Crippen molar-refractivity contribution in [1.82, 2.24) is 10.3 Å². The molecule has 1 aromatic rings. The minimum atomic E-state index is 0. The van der Waals surface area contributed by atoms with Crippen molar-refractivity contribution in [3.63, 3.8) is 0 Å². The molecule has 0 amide bonds. The fraction of sp³-hybridized carbons (Fsp3) is 0.333. The summed E-state index contributed by atoms with van der Waals surface area (Å²) in [6.07, 6.45) is 1.76. The Morgan fingerprint density at radius 3 is 2.88 bits per heavy atom. The molecule has 0 radical (unpaired) electrons. The zero-order chi connectivity index (χ0) is 12.0. The summed E-state index contributed by atoms with van der Waals surface area (Å²) < 4.78 is 0. The number of guanidine groups is 1. The van der Waals surface area contributed by atoms with Crippen molar-refractivity contribution in [3.05, 3.63) is 41.7 Å². The van der Waals surface area contributed by atoms with Gasteiger partial charge in [0.1, 0.15) is 0 Å². The van der Waals surface area contributed by atoms with Crippen LogP contribution in [0.5, 0.6) is 0 Å². The lowest BCUT2D eigenvalue weighted by atomic mass is 10.2. The van der Waals surface area contributed by atoms with E-state index in [2.05, 4.69) is 21.9 Å². The van der Waals surface area contributed by atoms with Gasteiger partial charge in [-0.15, -0.1) is 24.0 Å². The van der Waals surface area contributed by atoms with Crippen LogP contribution < -0.4 is 11.1 Å². The molecule has 0 atom stereocenters. The Bertz CT molecular complexity index is 401. The lowest BCUT2D eigenvalue weighted by molar-refractivity contribution is 0.914. The summed E-state index contributed by atoms with van der Waals surface area (Å²) in [7, 11) is 0. The molecule has 17 heavy (non-hydrogen) atoms. The smallest absolute Gasteiger partial charge is 0.189 e. The highest BCUT2D eigenvalue weighted by Crippen LogP contribution is 2.03. The van der Waals surface area contributed by atoms with Gasteiger partial charge in [-0.05, 0) is 25.5 Å². The van der Waals surface area contributed by atoms with E-state index >= 15 is 0 Å². The fourth-order valence-corrected chi connectivity index (χ4v) is 1.14. The molecule has 0 aromatic carbocycles. The average Bonchev–Trinajstić information content (AvgIpc) is 2.25. The summed E-state index contributed by atoms with van der Waals surface area (Å²) in [6.45, 7) is 8.87. The van der Waals surface area contributed by atoms with Crippen LogP contribution in [0.15, 0.2) is 35.5 Å². The first kappa shape index (κ1) is 15.9. The van der Waals surface area contributed by atoms with Gasteiger partial charge in [0.2, 0.25) is 0 Å². The second kappa shape index (κ2) is 8.05. The topological polar surface area (TPSA) is 63.3 Å². The van der Waals surface area contributed by atoms with Crippen LogP contribution in [0.25, 0.3) is 0 Å². The molecule has 0 spiro atoms. The van der Waals surface area contributed by atoms with Crippen molar-refractivity contribution >= 4 is 29.9 Å². The zero-order valence-electron chi connectivity index (χ0n) is 10.2. The van der Waals surface area contributed by atoms with Gasteiger partial charge < -0.3 is 11.1 Å². The first-order valence-electron chi connectivity index (χ1n) is 5.18. The van der Waals surface area contributed by atoms with Crippen LogP contribution in [0.1, 0.15) is 18.2 Å². The number of pyridine rings is 1. The summed E-state index contributed by atoms with van der Waals surface area (Å²) in [4.78, 5) is 8.44. The third-order valence-corrected chi connectivity index (χ3v) is 2.09. The molecule has 0 bridgehead atoms. The maximum Gasteiger partial charge on any atom is 0.189 e. The van der Waals surface area contributed by atoms with Crippen LogP contribution in [-0.4, -0.2) is 17.5 Å². The van der Waals surface area contributed by atoms with Crippen molar-refractivity contribution in [3.8, 4) is 0 Å². The largest absolute Gasteiger partial charge is 0.370 e. The van der Waals surface area contributed by atoms with E-state index in [-0.39, 0.29) is 24.0 Å². The summed E-state index contributed by atoms with van der Waals surface area (Å²) in [6, 6.07) is 3.92. The molecule has 1 aromatic heterocycles. The molecular weight excluding hydrogens is 327 g/mol. The van der Waals surface area contributed by atoms with Gasteiger partial charge in [0.05, 0.1) is 12.2 Å². The fourth-order valence-electron chi connectivity index (χ4n) is 1.14. The molecule has 0 unspecified atom stereocenters. The van der Waals surface area contributed by atoms with Crippen LogP contribution >= 0.6 is 24.0 Å². The number of hydrogen-bond acceptors (Lipinski definition) is 2. The molecule has 0 saturated heterocycles. The molecular formula is C12H19IN4. The SMILES string of the molecule is C=C(C)CNC(N)=NCc1ncccc1C.I. The van der Waals surface area contributed by atoms with E-state index in [9.17, 15) is 0 Å². The van der Waals surface area contributed by atoms with E-state index in [4.69, 9.17) is 5.73 Å². The van der Waals surface area contributed by atoms with E-state index in [0.29, 0.717) is 19.0 Å². The maximum atomic E-state index is 5.69. The lowest BCUT2D eigenvalue weighted by Gasteiger charge is -2.05. The number of aliphatic imine (C=N–C) groups is 1. The van der Waals surface area contributed by atoms with Crippen molar-refractivity contribution in [2.45, 2.75) is 20.4 Å². The highest BCUT2D eigenvalue weighted by atomic mass is 127. The highest BCUT2D eigenvalue weighted by Gasteiger charge is 1.97. The molecule has 3 N–H and O–H groups in total. The monoisotopic (exact) mass is 346 g/mol. The Hall–Kier alpha value is -1.11. The van der Waals surface area contributed by atoms with Gasteiger partial charge in [-0.1, -0.05) is 18.2 Å². The number of nitrogens with one attached hydrogen (secondary N) is 1. The second-order valence-corrected chi connectivity index (χ2v) is 3.78. The lowest BCUT2D eigenvalue weighted by Crippen LogP contribution is -2.32. The molecule has 0 fully saturated rings. The first-order chi connectivity index (χ1) is 7.59. The molecule has 0 saturated carbocycles. The third kappa shape index (κ3) is 6.25. The van der Waals surface area contributed by atoms with Gasteiger partial charge in [0.15, 0.2) is 5.96 Å². The number of nitrogens with zero attached hydrogens (tertiary/aromatic N) is 2. The minimum absolute atomic E-state index is 0. The molecule has 1 heterocycles. The van der Waals surface area contributed by atoms with Crippen LogP contribution in [-0.2, 0) is 6.54 Å². The Morgan fingerprint density at radius 1 is 1.59 bits per heavy atom. The van der Waals surface area contributed by atoms with Crippen molar-refractivity contribution in [2.24, 2.45) is 10.7 Å². The van der Waals surface area contributed by atoms with E-state index in [1.54, 1.807) is 6.20 Å². The molecule has 1 rings (SSSR count). The van der Waals surface area contributed by atoms with Gasteiger partial charge >= 0.3 is 0 Å². The Morgan fingerprint density at radius 2 is 2.29 bits per heavy atom. The number of rotatable bonds is 4. The normalized spacial score (nSPS) is 10.6. The van der Waals surface area contributed by atoms with E-state index in [0.717, 1.165) is 16.8 Å². The Balaban J connectivity index is 0.00000256. The summed E-state index contributed by atoms with van der Waals surface area (Å²) >= 11 is 0. The van der Waals surface area contributed by atoms with Gasteiger partial charge in [0.25, 0.3) is 0 Å². The summed E-state index contributed by atoms with van der Waals surface area (Å²) in [5.74, 6) is 0.424. The Labute approximate surface area is 119 Å². The predicted molar refractivity (Wildman–Crippen MR) is 82.5 cm³/mol. The minimum Gasteiger partial charge on any atom is -0.370 e. The number of aromatic nitrogens is 1. The van der Waals surface area contributed by atoms with E-state index < -0.39 is 0 Å². The maximum absolute atomic E-state index is 5.69. The summed E-state index contributed by atoms with van der Waals surface area (Å²) in [5, 5.41) is 2.97. The van der Waals surface area contributed by atoms with Crippen LogP contribution in [0.3, 0.4) is 0 Å². The third-order valence-electron chi connectivity index (χ3n) is 2.09. The number of aryl methyl sites for hydroxylation is 1. The molecule has 5 heteroatoms. The van der Waals surface area contributed by atoms with E-state index in [1.165, 1.54) is 0 Å². The average molecular weight is 346 g/mol. The van der Waals surface area contributed by atoms with Gasteiger partial charge in [-0.2, -0.15) is 0 Å².